The summed E-state index contributed by atoms with van der Waals surface area (Å²) in [6.07, 6.45) is -4.31. The van der Waals surface area contributed by atoms with Gasteiger partial charge in [-0.25, -0.2) is 0 Å². The van der Waals surface area contributed by atoms with Crippen LogP contribution in [0, 0.1) is 0 Å². The Hall–Kier alpha value is -1.85. The van der Waals surface area contributed by atoms with Gasteiger partial charge in [0.25, 0.3) is 0 Å². The van der Waals surface area contributed by atoms with Gasteiger partial charge < -0.3 is 10.2 Å². The molecule has 0 unspecified atom stereocenters. The normalized spacial score (nSPS) is 11.9. The van der Waals surface area contributed by atoms with Gasteiger partial charge in [-0.1, -0.05) is 50.2 Å². The lowest BCUT2D eigenvalue weighted by molar-refractivity contribution is -0.137. The quantitative estimate of drug-likeness (QED) is 0.688. The molecule has 0 saturated heterocycles. The van der Waals surface area contributed by atoms with Crippen molar-refractivity contribution in [3.63, 3.8) is 0 Å². The predicted molar refractivity (Wildman–Crippen MR) is 96.4 cm³/mol. The van der Waals surface area contributed by atoms with E-state index in [1.807, 2.05) is 24.3 Å². The molecule has 0 fully saturated rings. The molecule has 0 bridgehead atoms. The highest BCUT2D eigenvalue weighted by molar-refractivity contribution is 5.64. The minimum absolute atomic E-state index is 0.580. The van der Waals surface area contributed by atoms with Crippen molar-refractivity contribution in [1.82, 2.24) is 10.2 Å². The molecule has 0 aliphatic heterocycles. The number of likely N-dealkylation sites (N-methyl/N-ethyl adjacent to an activating group) is 1. The van der Waals surface area contributed by atoms with Gasteiger partial charge in [0.2, 0.25) is 0 Å². The highest BCUT2D eigenvalue weighted by Crippen LogP contribution is 2.32. The van der Waals surface area contributed by atoms with Crippen molar-refractivity contribution in [2.75, 3.05) is 26.2 Å². The molecular formula is C20H25F3N2. The van der Waals surface area contributed by atoms with Crippen molar-refractivity contribution in [1.29, 1.82) is 0 Å². The van der Waals surface area contributed by atoms with Gasteiger partial charge in [-0.05, 0) is 41.9 Å². The second kappa shape index (κ2) is 9.02. The average molecular weight is 350 g/mol. The number of hydrogen-bond acceptors (Lipinski definition) is 2. The molecule has 0 amide bonds. The van der Waals surface area contributed by atoms with Gasteiger partial charge in [0.05, 0.1) is 5.56 Å². The van der Waals surface area contributed by atoms with Crippen molar-refractivity contribution in [2.45, 2.75) is 26.6 Å². The zero-order valence-corrected chi connectivity index (χ0v) is 14.7. The van der Waals surface area contributed by atoms with Crippen molar-refractivity contribution in [2.24, 2.45) is 0 Å². The highest BCUT2D eigenvalue weighted by Gasteiger charge is 2.30. The summed E-state index contributed by atoms with van der Waals surface area (Å²) in [5.74, 6) is 0. The third-order valence-corrected chi connectivity index (χ3v) is 4.31. The van der Waals surface area contributed by atoms with Gasteiger partial charge >= 0.3 is 6.18 Å². The summed E-state index contributed by atoms with van der Waals surface area (Å²) in [7, 11) is 0. The number of rotatable bonds is 8. The zero-order chi connectivity index (χ0) is 18.3. The maximum absolute atomic E-state index is 12.8. The van der Waals surface area contributed by atoms with Gasteiger partial charge in [0, 0.05) is 19.6 Å². The summed E-state index contributed by atoms with van der Waals surface area (Å²) >= 11 is 0. The number of hydrogen-bond donors (Lipinski definition) is 1. The molecule has 1 N–H and O–H groups in total. The van der Waals surface area contributed by atoms with E-state index < -0.39 is 11.7 Å². The second-order valence-corrected chi connectivity index (χ2v) is 5.98. The van der Waals surface area contributed by atoms with Crippen LogP contribution in [0.15, 0.2) is 48.5 Å². The first-order chi connectivity index (χ1) is 11.9. The van der Waals surface area contributed by atoms with Crippen LogP contribution < -0.4 is 5.32 Å². The van der Waals surface area contributed by atoms with Crippen LogP contribution in [0.25, 0.3) is 11.1 Å². The van der Waals surface area contributed by atoms with E-state index in [1.165, 1.54) is 12.1 Å². The topological polar surface area (TPSA) is 15.3 Å². The van der Waals surface area contributed by atoms with Crippen molar-refractivity contribution in [3.8, 4) is 11.1 Å². The fourth-order valence-corrected chi connectivity index (χ4v) is 2.70. The number of nitrogens with zero attached hydrogens (tertiary/aromatic N) is 1. The molecule has 0 heterocycles. The fraction of sp³-hybridized carbons (Fsp3) is 0.400. The molecule has 25 heavy (non-hydrogen) atoms. The Morgan fingerprint density at radius 2 is 1.60 bits per heavy atom. The minimum atomic E-state index is -4.31. The van der Waals surface area contributed by atoms with Crippen LogP contribution in [-0.2, 0) is 12.7 Å². The number of halogens is 3. The molecule has 0 aliphatic rings. The summed E-state index contributed by atoms with van der Waals surface area (Å²) in [6, 6.07) is 13.1. The van der Waals surface area contributed by atoms with Gasteiger partial charge in [-0.2, -0.15) is 13.2 Å². The smallest absolute Gasteiger partial charge is 0.311 e. The summed E-state index contributed by atoms with van der Waals surface area (Å²) < 4.78 is 38.5. The number of benzene rings is 2. The van der Waals surface area contributed by atoms with Crippen LogP contribution in [0.4, 0.5) is 13.2 Å². The van der Waals surface area contributed by atoms with Crippen molar-refractivity contribution in [3.05, 3.63) is 59.7 Å². The van der Waals surface area contributed by atoms with Crippen LogP contribution in [-0.4, -0.2) is 31.1 Å². The molecule has 0 aliphatic carbocycles. The third kappa shape index (κ3) is 5.87. The first-order valence-electron chi connectivity index (χ1n) is 8.63. The Kier molecular flexibility index (Phi) is 7.02. The number of nitrogens with one attached hydrogen (secondary N) is 1. The van der Waals surface area contributed by atoms with E-state index in [2.05, 4.69) is 24.1 Å². The molecule has 2 nitrogen and oxygen atoms in total. The van der Waals surface area contributed by atoms with Crippen molar-refractivity contribution >= 4 is 0 Å². The number of alkyl halides is 3. The molecule has 5 heteroatoms. The van der Waals surface area contributed by atoms with Crippen LogP contribution in [0.2, 0.25) is 0 Å². The van der Waals surface area contributed by atoms with E-state index in [9.17, 15) is 13.2 Å². The van der Waals surface area contributed by atoms with Crippen LogP contribution in [0.1, 0.15) is 25.0 Å². The fourth-order valence-electron chi connectivity index (χ4n) is 2.70. The Balaban J connectivity index is 1.94. The third-order valence-electron chi connectivity index (χ3n) is 4.31. The summed E-state index contributed by atoms with van der Waals surface area (Å²) in [5.41, 5.74) is 1.87. The summed E-state index contributed by atoms with van der Waals surface area (Å²) in [4.78, 5) is 2.35. The van der Waals surface area contributed by atoms with E-state index in [1.54, 1.807) is 6.07 Å². The molecule has 0 atom stereocenters. The minimum Gasteiger partial charge on any atom is -0.311 e. The van der Waals surface area contributed by atoms with Gasteiger partial charge in [0.1, 0.15) is 0 Å². The first-order valence-corrected chi connectivity index (χ1v) is 8.63. The highest BCUT2D eigenvalue weighted by atomic mass is 19.4. The predicted octanol–water partition coefficient (Wildman–Crippen LogP) is 4.80. The lowest BCUT2D eigenvalue weighted by atomic mass is 10.0. The van der Waals surface area contributed by atoms with E-state index in [4.69, 9.17) is 0 Å². The molecule has 136 valence electrons. The molecule has 0 aromatic heterocycles. The van der Waals surface area contributed by atoms with E-state index in [0.717, 1.165) is 49.9 Å². The molecule has 2 aromatic rings. The van der Waals surface area contributed by atoms with E-state index in [0.29, 0.717) is 5.56 Å². The average Bonchev–Trinajstić information content (AvgIpc) is 2.62. The van der Waals surface area contributed by atoms with E-state index in [-0.39, 0.29) is 0 Å². The molecule has 0 radical (unpaired) electrons. The maximum Gasteiger partial charge on any atom is 0.416 e. The lowest BCUT2D eigenvalue weighted by Gasteiger charge is -2.18. The Labute approximate surface area is 147 Å². The van der Waals surface area contributed by atoms with Crippen LogP contribution in [0.3, 0.4) is 0 Å². The molecule has 2 aromatic carbocycles. The van der Waals surface area contributed by atoms with Gasteiger partial charge in [0.15, 0.2) is 0 Å². The Morgan fingerprint density at radius 3 is 2.20 bits per heavy atom. The Morgan fingerprint density at radius 1 is 0.920 bits per heavy atom. The summed E-state index contributed by atoms with van der Waals surface area (Å²) in [5, 5.41) is 3.40. The maximum atomic E-state index is 12.8. The van der Waals surface area contributed by atoms with E-state index >= 15 is 0 Å². The molecular weight excluding hydrogens is 325 g/mol. The molecule has 2 rings (SSSR count). The van der Waals surface area contributed by atoms with Crippen LogP contribution >= 0.6 is 0 Å². The van der Waals surface area contributed by atoms with Gasteiger partial charge in [-0.15, -0.1) is 0 Å². The Bertz CT molecular complexity index is 647. The zero-order valence-electron chi connectivity index (χ0n) is 14.7. The van der Waals surface area contributed by atoms with Crippen molar-refractivity contribution < 1.29 is 13.2 Å². The van der Waals surface area contributed by atoms with Crippen LogP contribution in [0.5, 0.6) is 0 Å². The van der Waals surface area contributed by atoms with Gasteiger partial charge in [-0.3, -0.25) is 0 Å². The monoisotopic (exact) mass is 350 g/mol. The summed E-state index contributed by atoms with van der Waals surface area (Å²) in [6.45, 7) is 9.07. The largest absolute Gasteiger partial charge is 0.416 e. The molecule has 0 spiro atoms. The standard InChI is InChI=1S/C20H25F3N2/c1-3-25(4-2)13-12-24-15-16-8-10-17(11-9-16)18-6-5-7-19(14-18)20(21,22)23/h5-11,14,24H,3-4,12-13,15H2,1-2H3. The molecule has 0 saturated carbocycles. The first kappa shape index (κ1) is 19.5. The second-order valence-electron chi connectivity index (χ2n) is 5.98. The lowest BCUT2D eigenvalue weighted by Crippen LogP contribution is -2.31. The SMILES string of the molecule is CCN(CC)CCNCc1ccc(-c2cccc(C(F)(F)F)c2)cc1.